The third-order valence-corrected chi connectivity index (χ3v) is 18.6. The Balaban J connectivity index is 3.99. The summed E-state index contributed by atoms with van der Waals surface area (Å²) in [5.41, 5.74) is 0. The molecule has 0 aromatic carbocycles. The van der Waals surface area contributed by atoms with E-state index in [2.05, 4.69) is 92.1 Å². The zero-order valence-electron chi connectivity index (χ0n) is 60.4. The van der Waals surface area contributed by atoms with Crippen LogP contribution in [0.2, 0.25) is 0 Å². The molecule has 0 fully saturated rings. The van der Waals surface area contributed by atoms with Crippen LogP contribution in [0, 0.1) is 0 Å². The van der Waals surface area contributed by atoms with Gasteiger partial charge in [-0.1, -0.05) is 375 Å². The Kier molecular flexibility index (Phi) is 69.2. The number of carbonyl (C=O) groups is 1. The molecular weight excluding hydrogens is 1130 g/mol. The maximum atomic E-state index is 13.1. The van der Waals surface area contributed by atoms with Gasteiger partial charge in [0, 0.05) is 6.42 Å². The number of hydrogen-bond donors (Lipinski definition) is 3. The van der Waals surface area contributed by atoms with Crippen LogP contribution in [-0.2, 0) is 18.4 Å². The fourth-order valence-corrected chi connectivity index (χ4v) is 12.4. The normalized spacial score (nSPS) is 14.0. The number of nitrogens with one attached hydrogen (secondary N) is 1. The highest BCUT2D eigenvalue weighted by atomic mass is 31.2. The molecule has 3 unspecified atom stereocenters. The molecule has 8 nitrogen and oxygen atoms in total. The van der Waals surface area contributed by atoms with E-state index in [-0.39, 0.29) is 19.1 Å². The van der Waals surface area contributed by atoms with Gasteiger partial charge in [-0.25, -0.2) is 4.57 Å². The first-order valence-electron chi connectivity index (χ1n) is 39.0. The van der Waals surface area contributed by atoms with Gasteiger partial charge in [0.05, 0.1) is 39.9 Å². The van der Waals surface area contributed by atoms with Gasteiger partial charge in [0.1, 0.15) is 13.2 Å². The summed E-state index contributed by atoms with van der Waals surface area (Å²) in [5.74, 6) is -0.181. The quantitative estimate of drug-likeness (QED) is 0.0243. The van der Waals surface area contributed by atoms with E-state index in [4.69, 9.17) is 9.05 Å². The SMILES string of the molecule is CC/C=C\C/C=C\C/C=C\C/C=C\C/C=C\CCCCCCCCCCCCCCCCCCCCCCCCCC(=O)NC(COP(=O)(O)OCC[N+](C)(C)C)C(O)/C=C/CC/C=C/CCCCCCCCCCCCCCCCCCCCCCCCC. The molecule has 0 rings (SSSR count). The monoisotopic (exact) mass is 1280 g/mol. The third kappa shape index (κ3) is 73.1. The number of phosphoric acid groups is 1. The molecule has 0 aromatic heterocycles. The van der Waals surface area contributed by atoms with E-state index in [1.807, 2.05) is 27.2 Å². The first kappa shape index (κ1) is 87.7. The van der Waals surface area contributed by atoms with Crippen molar-refractivity contribution in [3.05, 3.63) is 85.1 Å². The van der Waals surface area contributed by atoms with E-state index in [1.165, 1.54) is 283 Å². The molecule has 0 radical (unpaired) electrons. The maximum Gasteiger partial charge on any atom is 0.472 e. The van der Waals surface area contributed by atoms with Gasteiger partial charge in [-0.05, 0) is 77.0 Å². The highest BCUT2D eigenvalue weighted by Gasteiger charge is 2.28. The number of allylic oxidation sites excluding steroid dienone is 13. The second-order valence-electron chi connectivity index (χ2n) is 27.7. The molecule has 0 aliphatic rings. The molecule has 0 aromatic rings. The van der Waals surface area contributed by atoms with Crippen molar-refractivity contribution in [3.63, 3.8) is 0 Å². The number of carbonyl (C=O) groups excluding carboxylic acids is 1. The second kappa shape index (κ2) is 71.0. The van der Waals surface area contributed by atoms with Crippen molar-refractivity contribution in [2.75, 3.05) is 40.9 Å². The van der Waals surface area contributed by atoms with Crippen LogP contribution in [0.5, 0.6) is 0 Å². The lowest BCUT2D eigenvalue weighted by molar-refractivity contribution is -0.870. The predicted molar refractivity (Wildman–Crippen MR) is 396 cm³/mol. The molecule has 526 valence electrons. The van der Waals surface area contributed by atoms with Gasteiger partial charge in [-0.15, -0.1) is 0 Å². The number of unbranched alkanes of at least 4 members (excludes halogenated alkanes) is 47. The van der Waals surface area contributed by atoms with Crippen molar-refractivity contribution < 1.29 is 32.9 Å². The van der Waals surface area contributed by atoms with Gasteiger partial charge >= 0.3 is 7.82 Å². The van der Waals surface area contributed by atoms with Crippen molar-refractivity contribution in [2.45, 2.75) is 386 Å². The van der Waals surface area contributed by atoms with Crippen LogP contribution < -0.4 is 5.32 Å². The highest BCUT2D eigenvalue weighted by Crippen LogP contribution is 2.43. The average Bonchev–Trinajstić information content (AvgIpc) is 3.72. The lowest BCUT2D eigenvalue weighted by Gasteiger charge is -2.25. The first-order valence-corrected chi connectivity index (χ1v) is 40.5. The van der Waals surface area contributed by atoms with Gasteiger partial charge < -0.3 is 19.8 Å². The number of hydrogen-bond acceptors (Lipinski definition) is 5. The fourth-order valence-electron chi connectivity index (χ4n) is 11.6. The Morgan fingerprint density at radius 2 is 0.678 bits per heavy atom. The Morgan fingerprint density at radius 3 is 1.02 bits per heavy atom. The van der Waals surface area contributed by atoms with E-state index in [0.717, 1.165) is 70.6 Å². The number of aliphatic hydroxyl groups excluding tert-OH is 1. The summed E-state index contributed by atoms with van der Waals surface area (Å²) >= 11 is 0. The van der Waals surface area contributed by atoms with Crippen LogP contribution in [0.25, 0.3) is 0 Å². The number of rotatable bonds is 72. The zero-order valence-corrected chi connectivity index (χ0v) is 61.3. The number of nitrogens with zero attached hydrogens (tertiary/aromatic N) is 1. The molecule has 0 aliphatic heterocycles. The predicted octanol–water partition coefficient (Wildman–Crippen LogP) is 25.5. The summed E-state index contributed by atoms with van der Waals surface area (Å²) in [7, 11) is 1.57. The van der Waals surface area contributed by atoms with Crippen molar-refractivity contribution in [2.24, 2.45) is 0 Å². The van der Waals surface area contributed by atoms with E-state index in [0.29, 0.717) is 17.4 Å². The number of likely N-dealkylation sites (N-methyl/N-ethyl adjacent to an activating group) is 1. The van der Waals surface area contributed by atoms with Crippen LogP contribution in [0.15, 0.2) is 85.1 Å². The maximum absolute atomic E-state index is 13.1. The first-order chi connectivity index (χ1) is 44.0. The Morgan fingerprint density at radius 1 is 0.389 bits per heavy atom. The Hall–Kier alpha value is -2.32. The van der Waals surface area contributed by atoms with Crippen LogP contribution in [-0.4, -0.2) is 73.4 Å². The minimum Gasteiger partial charge on any atom is -0.387 e. The molecule has 3 atom stereocenters. The smallest absolute Gasteiger partial charge is 0.387 e. The van der Waals surface area contributed by atoms with Gasteiger partial charge in [0.2, 0.25) is 5.91 Å². The van der Waals surface area contributed by atoms with E-state index < -0.39 is 20.0 Å². The summed E-state index contributed by atoms with van der Waals surface area (Å²) in [6.07, 6.45) is 102. The summed E-state index contributed by atoms with van der Waals surface area (Å²) < 4.78 is 23.9. The molecule has 0 saturated heterocycles. The van der Waals surface area contributed by atoms with Crippen LogP contribution in [0.1, 0.15) is 373 Å². The van der Waals surface area contributed by atoms with E-state index in [9.17, 15) is 19.4 Å². The van der Waals surface area contributed by atoms with Gasteiger partial charge in [0.15, 0.2) is 0 Å². The summed E-state index contributed by atoms with van der Waals surface area (Å²) in [6.45, 7) is 4.73. The summed E-state index contributed by atoms with van der Waals surface area (Å²) in [4.78, 5) is 23.5. The summed E-state index contributed by atoms with van der Waals surface area (Å²) in [5, 5.41) is 14.0. The van der Waals surface area contributed by atoms with Gasteiger partial charge in [-0.2, -0.15) is 0 Å². The fraction of sp³-hybridized carbons (Fsp3) is 0.815. The second-order valence-corrected chi connectivity index (χ2v) is 29.2. The molecule has 0 saturated carbocycles. The van der Waals surface area contributed by atoms with Crippen LogP contribution >= 0.6 is 7.82 Å². The number of amides is 1. The molecular formula is C81H152N2O6P+. The Labute approximate surface area is 560 Å². The largest absolute Gasteiger partial charge is 0.472 e. The number of quaternary nitrogens is 1. The van der Waals surface area contributed by atoms with E-state index >= 15 is 0 Å². The minimum absolute atomic E-state index is 0.0561. The molecule has 90 heavy (non-hydrogen) atoms. The van der Waals surface area contributed by atoms with Gasteiger partial charge in [0.25, 0.3) is 0 Å². The molecule has 0 aliphatic carbocycles. The van der Waals surface area contributed by atoms with E-state index in [1.54, 1.807) is 6.08 Å². The highest BCUT2D eigenvalue weighted by molar-refractivity contribution is 7.47. The molecule has 0 heterocycles. The molecule has 0 spiro atoms. The average molecular weight is 1280 g/mol. The van der Waals surface area contributed by atoms with Crippen molar-refractivity contribution >= 4 is 13.7 Å². The molecule has 9 heteroatoms. The number of aliphatic hydroxyl groups is 1. The van der Waals surface area contributed by atoms with Crippen molar-refractivity contribution in [1.82, 2.24) is 5.32 Å². The van der Waals surface area contributed by atoms with Crippen molar-refractivity contribution in [3.8, 4) is 0 Å². The lowest BCUT2D eigenvalue weighted by Crippen LogP contribution is -2.45. The third-order valence-electron chi connectivity index (χ3n) is 17.6. The molecule has 1 amide bonds. The summed E-state index contributed by atoms with van der Waals surface area (Å²) in [6, 6.07) is -0.867. The Bertz CT molecular complexity index is 1750. The lowest BCUT2D eigenvalue weighted by atomic mass is 10.0. The van der Waals surface area contributed by atoms with Crippen LogP contribution in [0.3, 0.4) is 0 Å². The topological polar surface area (TPSA) is 105 Å². The van der Waals surface area contributed by atoms with Gasteiger partial charge in [-0.3, -0.25) is 13.8 Å². The minimum atomic E-state index is -4.37. The molecule has 0 bridgehead atoms. The van der Waals surface area contributed by atoms with Crippen LogP contribution in [0.4, 0.5) is 0 Å². The molecule has 3 N–H and O–H groups in total. The number of phosphoric ester groups is 1. The standard InChI is InChI=1S/C81H151N2O6P/c1-6-8-10-12-14-16-18-20-22-24-26-28-30-32-34-36-37-38-39-40-41-42-43-44-45-47-49-51-53-55-57-59-61-63-65-67-69-71-73-75-81(85)82-79(78-89-90(86,87)88-77-76-83(3,4)5)80(84)74-72-70-68-66-64-62-60-58-56-54-52-50-48-46-35-33-31-29-27-25-23-21-19-17-15-13-11-9-7-2/h8,10,14,16,20,22,26,28,32,34,64,66,72,74,79-80,84H,6-7,9,11-13,15,17-19,21,23-25,27,29-31,33,35-63,65,67-71,73,75-78H2,1-5H3,(H-,82,85,86,87)/p+1/b10-8-,16-14-,22-20-,28-26-,34-32-,66-64+,74-72+. The van der Waals surface area contributed by atoms with Crippen molar-refractivity contribution in [1.29, 1.82) is 0 Å². The zero-order chi connectivity index (χ0) is 65.5.